The van der Waals surface area contributed by atoms with E-state index in [1.54, 1.807) is 29.2 Å². The van der Waals surface area contributed by atoms with Crippen LogP contribution in [0.1, 0.15) is 15.9 Å². The standard InChI is InChI=1S/C18H16BrN5O2/c19-15-3-1-2-4-16(15)23-17(25)9-21-18(26)14-7-5-13(6-8-14)10-24-12-20-11-22-24/h1-8,11-12H,9-10H2,(H,21,26)(H,23,25). The van der Waals surface area contributed by atoms with Crippen LogP contribution in [0.4, 0.5) is 5.69 Å². The highest BCUT2D eigenvalue weighted by atomic mass is 79.9. The second kappa shape index (κ2) is 8.39. The van der Waals surface area contributed by atoms with E-state index in [4.69, 9.17) is 0 Å². The molecule has 2 amide bonds. The molecule has 0 aliphatic rings. The summed E-state index contributed by atoms with van der Waals surface area (Å²) in [5.41, 5.74) is 2.14. The van der Waals surface area contributed by atoms with Crippen LogP contribution in [0.15, 0.2) is 65.7 Å². The van der Waals surface area contributed by atoms with Gasteiger partial charge in [-0.2, -0.15) is 5.10 Å². The highest BCUT2D eigenvalue weighted by molar-refractivity contribution is 9.10. The first kappa shape index (κ1) is 17.8. The maximum atomic E-state index is 12.2. The summed E-state index contributed by atoms with van der Waals surface area (Å²) in [6.45, 7) is 0.469. The molecule has 1 aromatic heterocycles. The molecule has 0 aliphatic heterocycles. The fraction of sp³-hybridized carbons (Fsp3) is 0.111. The number of nitrogens with one attached hydrogen (secondary N) is 2. The van der Waals surface area contributed by atoms with E-state index in [2.05, 4.69) is 36.6 Å². The molecule has 0 spiro atoms. The van der Waals surface area contributed by atoms with Crippen molar-refractivity contribution in [2.45, 2.75) is 6.54 Å². The fourth-order valence-corrected chi connectivity index (χ4v) is 2.67. The van der Waals surface area contributed by atoms with Crippen molar-refractivity contribution in [1.82, 2.24) is 20.1 Å². The number of rotatable bonds is 6. The van der Waals surface area contributed by atoms with Crippen LogP contribution in [0.25, 0.3) is 0 Å². The third-order valence-electron chi connectivity index (χ3n) is 3.58. The van der Waals surface area contributed by atoms with E-state index in [9.17, 15) is 9.59 Å². The van der Waals surface area contributed by atoms with Gasteiger partial charge in [0.1, 0.15) is 12.7 Å². The Hall–Kier alpha value is -3.00. The average Bonchev–Trinajstić information content (AvgIpc) is 3.15. The number of benzene rings is 2. The zero-order valence-electron chi connectivity index (χ0n) is 13.7. The van der Waals surface area contributed by atoms with Crippen LogP contribution in [0.5, 0.6) is 0 Å². The summed E-state index contributed by atoms with van der Waals surface area (Å²) >= 11 is 3.36. The van der Waals surface area contributed by atoms with Crippen molar-refractivity contribution in [3.05, 3.63) is 76.8 Å². The van der Waals surface area contributed by atoms with Crippen LogP contribution in [-0.2, 0) is 11.3 Å². The van der Waals surface area contributed by atoms with Crippen molar-refractivity contribution in [3.63, 3.8) is 0 Å². The molecule has 0 atom stereocenters. The van der Waals surface area contributed by atoms with Crippen LogP contribution in [-0.4, -0.2) is 33.1 Å². The van der Waals surface area contributed by atoms with Crippen LogP contribution in [0, 0.1) is 0 Å². The molecule has 0 saturated heterocycles. The van der Waals surface area contributed by atoms with Gasteiger partial charge < -0.3 is 10.6 Å². The van der Waals surface area contributed by atoms with Gasteiger partial charge in [-0.15, -0.1) is 0 Å². The number of carbonyl (C=O) groups excluding carboxylic acids is 2. The van der Waals surface area contributed by atoms with Gasteiger partial charge in [0.25, 0.3) is 5.91 Å². The van der Waals surface area contributed by atoms with Crippen molar-refractivity contribution in [2.24, 2.45) is 0 Å². The molecule has 0 saturated carbocycles. The van der Waals surface area contributed by atoms with E-state index in [1.807, 2.05) is 30.3 Å². The molecule has 3 rings (SSSR count). The Bertz CT molecular complexity index is 894. The summed E-state index contributed by atoms with van der Waals surface area (Å²) in [6, 6.07) is 14.4. The van der Waals surface area contributed by atoms with Crippen LogP contribution in [0.2, 0.25) is 0 Å². The van der Waals surface area contributed by atoms with Gasteiger partial charge in [-0.25, -0.2) is 9.67 Å². The average molecular weight is 414 g/mol. The number of hydrogen-bond donors (Lipinski definition) is 2. The summed E-state index contributed by atoms with van der Waals surface area (Å²) in [4.78, 5) is 28.0. The Balaban J connectivity index is 1.51. The van der Waals surface area contributed by atoms with Crippen molar-refractivity contribution >= 4 is 33.4 Å². The van der Waals surface area contributed by atoms with E-state index in [0.717, 1.165) is 10.0 Å². The third-order valence-corrected chi connectivity index (χ3v) is 4.28. The molecule has 0 unspecified atom stereocenters. The molecule has 8 heteroatoms. The number of halogens is 1. The molecular weight excluding hydrogens is 398 g/mol. The molecule has 3 aromatic rings. The number of amides is 2. The highest BCUT2D eigenvalue weighted by Gasteiger charge is 2.09. The molecule has 0 radical (unpaired) electrons. The molecule has 2 aromatic carbocycles. The lowest BCUT2D eigenvalue weighted by molar-refractivity contribution is -0.115. The molecule has 1 heterocycles. The molecule has 2 N–H and O–H groups in total. The largest absolute Gasteiger partial charge is 0.343 e. The van der Waals surface area contributed by atoms with E-state index < -0.39 is 0 Å². The first-order valence-corrected chi connectivity index (χ1v) is 8.65. The summed E-state index contributed by atoms with van der Waals surface area (Å²) in [5, 5.41) is 9.38. The van der Waals surface area contributed by atoms with Crippen LogP contribution in [0.3, 0.4) is 0 Å². The molecule has 0 fully saturated rings. The normalized spacial score (nSPS) is 10.3. The smallest absolute Gasteiger partial charge is 0.251 e. The Labute approximate surface area is 158 Å². The molecule has 132 valence electrons. The first-order valence-electron chi connectivity index (χ1n) is 7.86. The number of nitrogens with zero attached hydrogens (tertiary/aromatic N) is 3. The minimum absolute atomic E-state index is 0.110. The summed E-state index contributed by atoms with van der Waals surface area (Å²) in [7, 11) is 0. The lowest BCUT2D eigenvalue weighted by Crippen LogP contribution is -2.32. The lowest BCUT2D eigenvalue weighted by Gasteiger charge is -2.09. The minimum atomic E-state index is -0.306. The van der Waals surface area contributed by atoms with E-state index in [1.165, 1.54) is 6.33 Å². The molecular formula is C18H16BrN5O2. The number of hydrogen-bond acceptors (Lipinski definition) is 4. The van der Waals surface area contributed by atoms with Crippen LogP contribution >= 0.6 is 15.9 Å². The van der Waals surface area contributed by atoms with Gasteiger partial charge in [0.15, 0.2) is 0 Å². The van der Waals surface area contributed by atoms with Gasteiger partial charge in [-0.3, -0.25) is 9.59 Å². The van der Waals surface area contributed by atoms with Crippen molar-refractivity contribution in [1.29, 1.82) is 0 Å². The highest BCUT2D eigenvalue weighted by Crippen LogP contribution is 2.20. The lowest BCUT2D eigenvalue weighted by atomic mass is 10.1. The predicted octanol–water partition coefficient (Wildman–Crippen LogP) is 2.46. The summed E-state index contributed by atoms with van der Waals surface area (Å²) < 4.78 is 2.48. The maximum absolute atomic E-state index is 12.2. The van der Waals surface area contributed by atoms with Crippen LogP contribution < -0.4 is 10.6 Å². The SMILES string of the molecule is O=C(CNC(=O)c1ccc(Cn2cncn2)cc1)Nc1ccccc1Br. The van der Waals surface area contributed by atoms with E-state index in [0.29, 0.717) is 17.8 Å². The Morgan fingerprint density at radius 2 is 1.85 bits per heavy atom. The van der Waals surface area contributed by atoms with E-state index >= 15 is 0 Å². The van der Waals surface area contributed by atoms with Crippen molar-refractivity contribution < 1.29 is 9.59 Å². The third kappa shape index (κ3) is 4.76. The van der Waals surface area contributed by atoms with Gasteiger partial charge in [0, 0.05) is 10.0 Å². The van der Waals surface area contributed by atoms with Gasteiger partial charge >= 0.3 is 0 Å². The number of anilines is 1. The molecule has 0 aliphatic carbocycles. The number of carbonyl (C=O) groups is 2. The topological polar surface area (TPSA) is 88.9 Å². The predicted molar refractivity (Wildman–Crippen MR) is 101 cm³/mol. The maximum Gasteiger partial charge on any atom is 0.251 e. The molecule has 0 bridgehead atoms. The monoisotopic (exact) mass is 413 g/mol. The zero-order valence-corrected chi connectivity index (χ0v) is 15.3. The van der Waals surface area contributed by atoms with Gasteiger partial charge in [-0.1, -0.05) is 24.3 Å². The first-order chi connectivity index (χ1) is 12.6. The van der Waals surface area contributed by atoms with Gasteiger partial charge in [0.2, 0.25) is 5.91 Å². The summed E-state index contributed by atoms with van der Waals surface area (Å²) in [6.07, 6.45) is 3.10. The van der Waals surface area contributed by atoms with Crippen molar-refractivity contribution in [2.75, 3.05) is 11.9 Å². The fourth-order valence-electron chi connectivity index (χ4n) is 2.28. The number of para-hydroxylation sites is 1. The second-order valence-electron chi connectivity index (χ2n) is 5.50. The van der Waals surface area contributed by atoms with Gasteiger partial charge in [0.05, 0.1) is 18.8 Å². The molecule has 26 heavy (non-hydrogen) atoms. The van der Waals surface area contributed by atoms with E-state index in [-0.39, 0.29) is 18.4 Å². The Morgan fingerprint density at radius 3 is 2.54 bits per heavy atom. The zero-order chi connectivity index (χ0) is 18.4. The quantitative estimate of drug-likeness (QED) is 0.649. The Morgan fingerprint density at radius 1 is 1.08 bits per heavy atom. The van der Waals surface area contributed by atoms with Gasteiger partial charge in [-0.05, 0) is 45.8 Å². The second-order valence-corrected chi connectivity index (χ2v) is 6.36. The van der Waals surface area contributed by atoms with Crippen molar-refractivity contribution in [3.8, 4) is 0 Å². The molecule has 7 nitrogen and oxygen atoms in total. The minimum Gasteiger partial charge on any atom is -0.343 e. The number of aromatic nitrogens is 3. The Kier molecular flexibility index (Phi) is 5.75. The summed E-state index contributed by atoms with van der Waals surface area (Å²) in [5.74, 6) is -0.604.